The SMILES string of the molecule is COCC(C=O)C(C)C. The van der Waals surface area contributed by atoms with Gasteiger partial charge >= 0.3 is 0 Å². The minimum atomic E-state index is 0.0648. The van der Waals surface area contributed by atoms with E-state index in [0.717, 1.165) is 6.29 Å². The van der Waals surface area contributed by atoms with Crippen LogP contribution in [0.5, 0.6) is 0 Å². The van der Waals surface area contributed by atoms with Crippen LogP contribution in [0.15, 0.2) is 0 Å². The zero-order valence-corrected chi connectivity index (χ0v) is 6.26. The Kier molecular flexibility index (Phi) is 4.32. The maximum absolute atomic E-state index is 10.3. The molecule has 1 atom stereocenters. The summed E-state index contributed by atoms with van der Waals surface area (Å²) in [6, 6.07) is 0. The van der Waals surface area contributed by atoms with Gasteiger partial charge in [0.1, 0.15) is 6.29 Å². The van der Waals surface area contributed by atoms with E-state index in [1.54, 1.807) is 7.11 Å². The molecule has 0 spiro atoms. The molecule has 0 amide bonds. The van der Waals surface area contributed by atoms with Gasteiger partial charge in [0.15, 0.2) is 0 Å². The van der Waals surface area contributed by atoms with Gasteiger partial charge < -0.3 is 9.53 Å². The molecule has 1 unspecified atom stereocenters. The highest BCUT2D eigenvalue weighted by atomic mass is 16.5. The molecule has 0 aromatic rings. The molecule has 0 rings (SSSR count). The van der Waals surface area contributed by atoms with Gasteiger partial charge in [0.25, 0.3) is 0 Å². The van der Waals surface area contributed by atoms with Gasteiger partial charge in [-0.15, -0.1) is 0 Å². The summed E-state index contributed by atoms with van der Waals surface area (Å²) in [7, 11) is 1.61. The van der Waals surface area contributed by atoms with E-state index in [0.29, 0.717) is 12.5 Å². The number of ether oxygens (including phenoxy) is 1. The number of carbonyl (C=O) groups is 1. The first-order chi connectivity index (χ1) is 4.22. The van der Waals surface area contributed by atoms with Crippen LogP contribution in [0.3, 0.4) is 0 Å². The van der Waals surface area contributed by atoms with E-state index in [2.05, 4.69) is 0 Å². The van der Waals surface area contributed by atoms with Crippen molar-refractivity contribution in [3.8, 4) is 0 Å². The Bertz CT molecular complexity index is 79.0. The van der Waals surface area contributed by atoms with E-state index in [1.807, 2.05) is 13.8 Å². The third-order valence-corrected chi connectivity index (χ3v) is 1.39. The lowest BCUT2D eigenvalue weighted by molar-refractivity contribution is -0.113. The molecule has 0 fully saturated rings. The van der Waals surface area contributed by atoms with Crippen LogP contribution < -0.4 is 0 Å². The van der Waals surface area contributed by atoms with Gasteiger partial charge in [0.2, 0.25) is 0 Å². The van der Waals surface area contributed by atoms with Crippen LogP contribution in [0.2, 0.25) is 0 Å². The first-order valence-electron chi connectivity index (χ1n) is 3.16. The van der Waals surface area contributed by atoms with E-state index in [1.165, 1.54) is 0 Å². The highest BCUT2D eigenvalue weighted by Crippen LogP contribution is 2.06. The Balaban J connectivity index is 3.54. The summed E-state index contributed by atoms with van der Waals surface area (Å²) in [6.07, 6.45) is 0.953. The Labute approximate surface area is 56.2 Å². The monoisotopic (exact) mass is 130 g/mol. The summed E-state index contributed by atoms with van der Waals surface area (Å²) in [6.45, 7) is 4.57. The van der Waals surface area contributed by atoms with Crippen LogP contribution in [0, 0.1) is 11.8 Å². The molecule has 2 heteroatoms. The van der Waals surface area contributed by atoms with E-state index >= 15 is 0 Å². The van der Waals surface area contributed by atoms with Crippen molar-refractivity contribution in [1.29, 1.82) is 0 Å². The third-order valence-electron chi connectivity index (χ3n) is 1.39. The molecule has 0 bridgehead atoms. The first kappa shape index (κ1) is 8.63. The zero-order valence-electron chi connectivity index (χ0n) is 6.26. The van der Waals surface area contributed by atoms with E-state index < -0.39 is 0 Å². The molecule has 0 aromatic heterocycles. The molecule has 0 aliphatic carbocycles. The lowest BCUT2D eigenvalue weighted by atomic mass is 9.99. The molecule has 9 heavy (non-hydrogen) atoms. The van der Waals surface area contributed by atoms with Crippen LogP contribution >= 0.6 is 0 Å². The van der Waals surface area contributed by atoms with Gasteiger partial charge in [-0.1, -0.05) is 13.8 Å². The van der Waals surface area contributed by atoms with Gasteiger partial charge in [-0.25, -0.2) is 0 Å². The van der Waals surface area contributed by atoms with Crippen molar-refractivity contribution in [3.63, 3.8) is 0 Å². The number of carbonyl (C=O) groups excluding carboxylic acids is 1. The molecule has 0 heterocycles. The maximum atomic E-state index is 10.3. The Morgan fingerprint density at radius 2 is 2.11 bits per heavy atom. The Hall–Kier alpha value is -0.370. The van der Waals surface area contributed by atoms with Gasteiger partial charge in [-0.2, -0.15) is 0 Å². The van der Waals surface area contributed by atoms with Crippen LogP contribution in [-0.4, -0.2) is 20.0 Å². The molecule has 0 aromatic carbocycles. The molecule has 0 N–H and O–H groups in total. The average molecular weight is 130 g/mol. The van der Waals surface area contributed by atoms with E-state index in [-0.39, 0.29) is 5.92 Å². The quantitative estimate of drug-likeness (QED) is 0.533. The summed E-state index contributed by atoms with van der Waals surface area (Å²) in [4.78, 5) is 10.3. The molecular formula is C7H14O2. The van der Waals surface area contributed by atoms with E-state index in [4.69, 9.17) is 4.74 Å². The van der Waals surface area contributed by atoms with Crippen LogP contribution in [0.1, 0.15) is 13.8 Å². The number of hydrogen-bond acceptors (Lipinski definition) is 2. The highest BCUT2D eigenvalue weighted by molar-refractivity contribution is 5.53. The second-order valence-corrected chi connectivity index (χ2v) is 2.50. The number of aldehydes is 1. The summed E-state index contributed by atoms with van der Waals surface area (Å²) >= 11 is 0. The van der Waals surface area contributed by atoms with Gasteiger partial charge in [0, 0.05) is 13.0 Å². The minimum absolute atomic E-state index is 0.0648. The summed E-state index contributed by atoms with van der Waals surface area (Å²) in [5, 5.41) is 0. The maximum Gasteiger partial charge on any atom is 0.125 e. The topological polar surface area (TPSA) is 26.3 Å². The van der Waals surface area contributed by atoms with Gasteiger partial charge in [0.05, 0.1) is 6.61 Å². The standard InChI is InChI=1S/C7H14O2/c1-6(2)7(4-8)5-9-3/h4,6-7H,5H2,1-3H3. The Morgan fingerprint density at radius 1 is 1.56 bits per heavy atom. The van der Waals surface area contributed by atoms with Gasteiger partial charge in [-0.05, 0) is 5.92 Å². The zero-order chi connectivity index (χ0) is 7.28. The van der Waals surface area contributed by atoms with Crippen molar-refractivity contribution in [2.24, 2.45) is 11.8 Å². The van der Waals surface area contributed by atoms with Crippen molar-refractivity contribution < 1.29 is 9.53 Å². The van der Waals surface area contributed by atoms with Crippen molar-refractivity contribution in [1.82, 2.24) is 0 Å². The molecule has 2 nitrogen and oxygen atoms in total. The molecule has 0 radical (unpaired) electrons. The number of hydrogen-bond donors (Lipinski definition) is 0. The second kappa shape index (κ2) is 4.50. The van der Waals surface area contributed by atoms with Crippen molar-refractivity contribution in [2.75, 3.05) is 13.7 Å². The lowest BCUT2D eigenvalue weighted by Gasteiger charge is -2.11. The molecular weight excluding hydrogens is 116 g/mol. The summed E-state index contributed by atoms with van der Waals surface area (Å²) < 4.78 is 4.82. The average Bonchev–Trinajstić information content (AvgIpc) is 1.82. The normalized spacial score (nSPS) is 13.8. The lowest BCUT2D eigenvalue weighted by Crippen LogP contribution is -2.15. The second-order valence-electron chi connectivity index (χ2n) is 2.50. The minimum Gasteiger partial charge on any atom is -0.384 e. The number of methoxy groups -OCH3 is 1. The molecule has 0 saturated heterocycles. The van der Waals surface area contributed by atoms with E-state index in [9.17, 15) is 4.79 Å². The Morgan fingerprint density at radius 3 is 2.22 bits per heavy atom. The van der Waals surface area contributed by atoms with Crippen molar-refractivity contribution in [2.45, 2.75) is 13.8 Å². The fraction of sp³-hybridized carbons (Fsp3) is 0.857. The van der Waals surface area contributed by atoms with Crippen LogP contribution in [0.25, 0.3) is 0 Å². The van der Waals surface area contributed by atoms with Gasteiger partial charge in [-0.3, -0.25) is 0 Å². The van der Waals surface area contributed by atoms with Crippen LogP contribution in [-0.2, 0) is 9.53 Å². The molecule has 0 aliphatic rings. The molecule has 0 saturated carbocycles. The van der Waals surface area contributed by atoms with Crippen LogP contribution in [0.4, 0.5) is 0 Å². The highest BCUT2D eigenvalue weighted by Gasteiger charge is 2.10. The predicted octanol–water partition coefficient (Wildman–Crippen LogP) is 1.10. The molecule has 0 aliphatic heterocycles. The third kappa shape index (κ3) is 3.25. The largest absolute Gasteiger partial charge is 0.384 e. The van der Waals surface area contributed by atoms with Crippen molar-refractivity contribution >= 4 is 6.29 Å². The predicted molar refractivity (Wildman–Crippen MR) is 36.3 cm³/mol. The molecule has 54 valence electrons. The first-order valence-corrected chi connectivity index (χ1v) is 3.16. The number of rotatable bonds is 4. The fourth-order valence-electron chi connectivity index (χ4n) is 0.581. The smallest absolute Gasteiger partial charge is 0.125 e. The fourth-order valence-corrected chi connectivity index (χ4v) is 0.581. The van der Waals surface area contributed by atoms with Crippen molar-refractivity contribution in [3.05, 3.63) is 0 Å². The summed E-state index contributed by atoms with van der Waals surface area (Å²) in [5.74, 6) is 0.456. The summed E-state index contributed by atoms with van der Waals surface area (Å²) in [5.41, 5.74) is 0.